The summed E-state index contributed by atoms with van der Waals surface area (Å²) < 4.78 is 23.1. The van der Waals surface area contributed by atoms with Crippen LogP contribution in [0.3, 0.4) is 0 Å². The van der Waals surface area contributed by atoms with Gasteiger partial charge in [0.05, 0.1) is 27.4 Å². The molecule has 3 aromatic carbocycles. The molecule has 0 N–H and O–H groups in total. The molecule has 1 aliphatic carbocycles. The van der Waals surface area contributed by atoms with Gasteiger partial charge in [0.25, 0.3) is 5.56 Å². The first kappa shape index (κ1) is 23.1. The Hall–Kier alpha value is -3.29. The number of benzene rings is 3. The van der Waals surface area contributed by atoms with Crippen LogP contribution in [0.15, 0.2) is 86.6 Å². The minimum atomic E-state index is -0.394. The van der Waals surface area contributed by atoms with Gasteiger partial charge in [-0.1, -0.05) is 53.8 Å². The number of hydrogen-bond donors (Lipinski definition) is 0. The Kier molecular flexibility index (Phi) is 5.97. The van der Waals surface area contributed by atoms with E-state index >= 15 is 0 Å². The smallest absolute Gasteiger partial charge is 0.271 e. The maximum Gasteiger partial charge on any atom is 0.271 e. The molecule has 180 valence electrons. The van der Waals surface area contributed by atoms with Crippen LogP contribution >= 0.6 is 27.3 Å². The number of halogens is 2. The summed E-state index contributed by atoms with van der Waals surface area (Å²) >= 11 is 4.92. The second-order valence-corrected chi connectivity index (χ2v) is 10.7. The Bertz CT molecular complexity index is 1720. The molecule has 2 heterocycles. The fourth-order valence-electron chi connectivity index (χ4n) is 5.03. The lowest BCUT2D eigenvalue weighted by Crippen LogP contribution is -2.38. The number of aromatic nitrogens is 1. The second-order valence-electron chi connectivity index (χ2n) is 8.79. The van der Waals surface area contributed by atoms with Crippen LogP contribution in [-0.4, -0.2) is 11.2 Å². The molecule has 4 aromatic rings. The predicted octanol–water partition coefficient (Wildman–Crippen LogP) is 5.62. The van der Waals surface area contributed by atoms with E-state index in [0.717, 1.165) is 51.0 Å². The molecule has 0 bridgehead atoms. The number of thiazole rings is 1. The van der Waals surface area contributed by atoms with Crippen molar-refractivity contribution in [1.29, 1.82) is 0 Å². The maximum absolute atomic E-state index is 14.3. The van der Waals surface area contributed by atoms with Gasteiger partial charge in [0.1, 0.15) is 11.6 Å². The van der Waals surface area contributed by atoms with E-state index in [4.69, 9.17) is 9.73 Å². The minimum absolute atomic E-state index is 0.122. The van der Waals surface area contributed by atoms with Gasteiger partial charge in [-0.05, 0) is 88.3 Å². The highest BCUT2D eigenvalue weighted by Crippen LogP contribution is 2.41. The molecule has 1 atom stereocenters. The van der Waals surface area contributed by atoms with Crippen molar-refractivity contribution >= 4 is 39.0 Å². The summed E-state index contributed by atoms with van der Waals surface area (Å²) in [7, 11) is 0. The van der Waals surface area contributed by atoms with E-state index in [1.54, 1.807) is 10.6 Å². The topological polar surface area (TPSA) is 43.6 Å². The summed E-state index contributed by atoms with van der Waals surface area (Å²) in [5.41, 5.74) is 5.82. The lowest BCUT2D eigenvalue weighted by Gasteiger charge is -2.30. The van der Waals surface area contributed by atoms with Crippen molar-refractivity contribution < 1.29 is 9.13 Å². The van der Waals surface area contributed by atoms with Gasteiger partial charge < -0.3 is 4.74 Å². The zero-order valence-corrected chi connectivity index (χ0v) is 21.9. The van der Waals surface area contributed by atoms with Gasteiger partial charge in [-0.15, -0.1) is 0 Å². The van der Waals surface area contributed by atoms with Gasteiger partial charge in [-0.2, -0.15) is 0 Å². The number of hydrogen-bond acceptors (Lipinski definition) is 4. The van der Waals surface area contributed by atoms with Crippen molar-refractivity contribution in [3.63, 3.8) is 0 Å². The van der Waals surface area contributed by atoms with Gasteiger partial charge >= 0.3 is 0 Å². The first-order valence-corrected chi connectivity index (χ1v) is 13.5. The van der Waals surface area contributed by atoms with Crippen molar-refractivity contribution in [2.45, 2.75) is 25.8 Å². The van der Waals surface area contributed by atoms with Crippen LogP contribution in [0, 0.1) is 5.82 Å². The SMILES string of the molecule is CCOc1ccc(C=c2sc3n(c2=O)[C@H](c2cccc(F)c2)C2=C(N=3)c3ccccc3CC2)cc1Br. The summed E-state index contributed by atoms with van der Waals surface area (Å²) in [5.74, 6) is 0.442. The molecular weight excluding hydrogens is 539 g/mol. The molecule has 1 aliphatic heterocycles. The van der Waals surface area contributed by atoms with Crippen LogP contribution in [0.25, 0.3) is 11.8 Å². The molecule has 4 nitrogen and oxygen atoms in total. The van der Waals surface area contributed by atoms with E-state index < -0.39 is 6.04 Å². The zero-order valence-electron chi connectivity index (χ0n) is 19.5. The number of ether oxygens (including phenoxy) is 1. The minimum Gasteiger partial charge on any atom is -0.493 e. The first-order chi connectivity index (χ1) is 17.5. The fourth-order valence-corrected chi connectivity index (χ4v) is 6.54. The number of nitrogens with zero attached hydrogens (tertiary/aromatic N) is 2. The summed E-state index contributed by atoms with van der Waals surface area (Å²) in [6.45, 7) is 2.51. The molecule has 2 aliphatic rings. The molecule has 0 unspecified atom stereocenters. The third kappa shape index (κ3) is 3.96. The molecule has 0 saturated carbocycles. The number of allylic oxidation sites excluding steroid dienone is 1. The highest BCUT2D eigenvalue weighted by Gasteiger charge is 2.32. The summed E-state index contributed by atoms with van der Waals surface area (Å²) in [6, 6.07) is 20.2. The third-order valence-corrected chi connectivity index (χ3v) is 8.19. The van der Waals surface area contributed by atoms with Gasteiger partial charge in [0.2, 0.25) is 0 Å². The van der Waals surface area contributed by atoms with Crippen molar-refractivity contribution in [3.05, 3.63) is 125 Å². The average molecular weight is 561 g/mol. The standard InChI is InChI=1S/C29H22BrFN2O2S/c1-2-35-24-13-10-17(14-23(24)30)15-25-28(34)33-27(19-7-5-8-20(31)16-19)22-12-11-18-6-3-4-9-21(18)26(22)32-29(33)36-25/h3-10,13-16,27H,2,11-12H2,1H3/t27-/m1/s1. The molecule has 0 spiro atoms. The first-order valence-electron chi connectivity index (χ1n) is 11.8. The molecule has 0 saturated heterocycles. The van der Waals surface area contributed by atoms with Gasteiger partial charge in [0.15, 0.2) is 4.80 Å². The second kappa shape index (κ2) is 9.30. The zero-order chi connectivity index (χ0) is 24.8. The van der Waals surface area contributed by atoms with E-state index in [1.807, 2.05) is 49.4 Å². The maximum atomic E-state index is 14.3. The van der Waals surface area contributed by atoms with E-state index in [-0.39, 0.29) is 11.4 Å². The highest BCUT2D eigenvalue weighted by molar-refractivity contribution is 9.10. The largest absolute Gasteiger partial charge is 0.493 e. The van der Waals surface area contributed by atoms with Gasteiger partial charge in [0, 0.05) is 5.56 Å². The third-order valence-electron chi connectivity index (χ3n) is 6.59. The van der Waals surface area contributed by atoms with Crippen LogP contribution in [0.4, 0.5) is 4.39 Å². The van der Waals surface area contributed by atoms with Gasteiger partial charge in [-0.3, -0.25) is 9.36 Å². The van der Waals surface area contributed by atoms with E-state index in [0.29, 0.717) is 15.9 Å². The molecule has 7 heteroatoms. The molecule has 0 fully saturated rings. The van der Waals surface area contributed by atoms with Crippen molar-refractivity contribution in [3.8, 4) is 5.75 Å². The highest BCUT2D eigenvalue weighted by atomic mass is 79.9. The Labute approximate surface area is 219 Å². The van der Waals surface area contributed by atoms with Crippen molar-refractivity contribution in [1.82, 2.24) is 4.57 Å². The van der Waals surface area contributed by atoms with Crippen LogP contribution in [0.5, 0.6) is 5.75 Å². The Balaban J connectivity index is 1.57. The number of fused-ring (bicyclic) bond motifs is 3. The molecule has 0 amide bonds. The molecule has 6 rings (SSSR count). The number of aryl methyl sites for hydroxylation is 1. The van der Waals surface area contributed by atoms with Crippen LogP contribution in [0.2, 0.25) is 0 Å². The molecule has 1 aromatic heterocycles. The van der Waals surface area contributed by atoms with Gasteiger partial charge in [-0.25, -0.2) is 9.38 Å². The lowest BCUT2D eigenvalue weighted by atomic mass is 9.83. The van der Waals surface area contributed by atoms with E-state index in [9.17, 15) is 9.18 Å². The number of rotatable bonds is 4. The summed E-state index contributed by atoms with van der Waals surface area (Å²) in [6.07, 6.45) is 3.51. The summed E-state index contributed by atoms with van der Waals surface area (Å²) in [5, 5.41) is 0. The predicted molar refractivity (Wildman–Crippen MR) is 144 cm³/mol. The molecular formula is C29H22BrFN2O2S. The average Bonchev–Trinajstić information content (AvgIpc) is 3.18. The Morgan fingerprint density at radius 3 is 2.81 bits per heavy atom. The lowest BCUT2D eigenvalue weighted by molar-refractivity contribution is 0.338. The normalized spacial score (nSPS) is 16.8. The monoisotopic (exact) mass is 560 g/mol. The Morgan fingerprint density at radius 1 is 1.14 bits per heavy atom. The quantitative estimate of drug-likeness (QED) is 0.325. The molecule has 36 heavy (non-hydrogen) atoms. The van der Waals surface area contributed by atoms with Crippen LogP contribution < -0.4 is 19.6 Å². The summed E-state index contributed by atoms with van der Waals surface area (Å²) in [4.78, 5) is 19.4. The Morgan fingerprint density at radius 2 is 2.00 bits per heavy atom. The van der Waals surface area contributed by atoms with Crippen LogP contribution in [0.1, 0.15) is 41.6 Å². The fraction of sp³-hybridized carbons (Fsp3) is 0.172. The van der Waals surface area contributed by atoms with Crippen LogP contribution in [-0.2, 0) is 6.42 Å². The van der Waals surface area contributed by atoms with Crippen molar-refractivity contribution in [2.24, 2.45) is 4.99 Å². The van der Waals surface area contributed by atoms with E-state index in [1.165, 1.54) is 29.0 Å². The molecule has 0 radical (unpaired) electrons. The van der Waals surface area contributed by atoms with Crippen molar-refractivity contribution in [2.75, 3.05) is 6.61 Å². The van der Waals surface area contributed by atoms with E-state index in [2.05, 4.69) is 28.1 Å².